The van der Waals surface area contributed by atoms with Gasteiger partial charge in [-0.25, -0.2) is 4.79 Å². The SMILES string of the molecule is COCC(NC(=O)Cc1c(C)cccc1C)C(=O)O. The van der Waals surface area contributed by atoms with Crippen LogP contribution in [0.1, 0.15) is 16.7 Å². The summed E-state index contributed by atoms with van der Waals surface area (Å²) in [7, 11) is 1.40. The quantitative estimate of drug-likeness (QED) is 0.806. The lowest BCUT2D eigenvalue weighted by molar-refractivity contribution is -0.143. The number of hydrogen-bond donors (Lipinski definition) is 2. The number of carbonyl (C=O) groups is 2. The minimum Gasteiger partial charge on any atom is -0.480 e. The van der Waals surface area contributed by atoms with E-state index >= 15 is 0 Å². The molecule has 0 aliphatic heterocycles. The number of nitrogens with one attached hydrogen (secondary N) is 1. The molecule has 5 heteroatoms. The van der Waals surface area contributed by atoms with E-state index in [-0.39, 0.29) is 18.9 Å². The Balaban J connectivity index is 2.72. The average Bonchev–Trinajstić information content (AvgIpc) is 2.33. The van der Waals surface area contributed by atoms with Gasteiger partial charge in [-0.1, -0.05) is 18.2 Å². The van der Waals surface area contributed by atoms with Gasteiger partial charge in [0.05, 0.1) is 13.0 Å². The van der Waals surface area contributed by atoms with Gasteiger partial charge in [0.1, 0.15) is 0 Å². The Hall–Kier alpha value is -1.88. The van der Waals surface area contributed by atoms with Gasteiger partial charge in [0.2, 0.25) is 5.91 Å². The van der Waals surface area contributed by atoms with Crippen LogP contribution in [0.25, 0.3) is 0 Å². The number of amides is 1. The molecule has 0 saturated heterocycles. The standard InChI is InChI=1S/C14H19NO4/c1-9-5-4-6-10(2)11(9)7-13(16)15-12(8-19-3)14(17)18/h4-6,12H,7-8H2,1-3H3,(H,15,16)(H,17,18). The smallest absolute Gasteiger partial charge is 0.328 e. The highest BCUT2D eigenvalue weighted by molar-refractivity contribution is 5.85. The zero-order valence-corrected chi connectivity index (χ0v) is 11.4. The largest absolute Gasteiger partial charge is 0.480 e. The fraction of sp³-hybridized carbons (Fsp3) is 0.429. The fourth-order valence-corrected chi connectivity index (χ4v) is 1.88. The number of carboxylic acid groups (broad SMARTS) is 1. The second kappa shape index (κ2) is 6.89. The van der Waals surface area contributed by atoms with Crippen LogP contribution in [0.2, 0.25) is 0 Å². The first-order valence-electron chi connectivity index (χ1n) is 6.02. The lowest BCUT2D eigenvalue weighted by atomic mass is 10.00. The molecule has 1 unspecified atom stereocenters. The minimum atomic E-state index is -1.10. The topological polar surface area (TPSA) is 75.6 Å². The van der Waals surface area contributed by atoms with Gasteiger partial charge in [-0.05, 0) is 30.5 Å². The van der Waals surface area contributed by atoms with Crippen molar-refractivity contribution in [3.63, 3.8) is 0 Å². The molecule has 0 saturated carbocycles. The predicted octanol–water partition coefficient (Wildman–Crippen LogP) is 1.06. The molecule has 0 heterocycles. The van der Waals surface area contributed by atoms with E-state index in [0.717, 1.165) is 16.7 Å². The normalized spacial score (nSPS) is 11.9. The van der Waals surface area contributed by atoms with E-state index in [2.05, 4.69) is 5.32 Å². The maximum atomic E-state index is 11.9. The van der Waals surface area contributed by atoms with Gasteiger partial charge in [0, 0.05) is 7.11 Å². The molecule has 0 radical (unpaired) electrons. The number of carboxylic acids is 1. The van der Waals surface area contributed by atoms with Crippen LogP contribution in [0.3, 0.4) is 0 Å². The Morgan fingerprint density at radius 2 is 1.89 bits per heavy atom. The summed E-state index contributed by atoms with van der Waals surface area (Å²) in [5, 5.41) is 11.4. The summed E-state index contributed by atoms with van der Waals surface area (Å²) in [6.07, 6.45) is 0.173. The zero-order chi connectivity index (χ0) is 14.4. The summed E-state index contributed by atoms with van der Waals surface area (Å²) in [6.45, 7) is 3.81. The van der Waals surface area contributed by atoms with Gasteiger partial charge in [0.25, 0.3) is 0 Å². The Morgan fingerprint density at radius 3 is 2.37 bits per heavy atom. The third-order valence-electron chi connectivity index (χ3n) is 2.95. The fourth-order valence-electron chi connectivity index (χ4n) is 1.88. The molecule has 0 fully saturated rings. The summed E-state index contributed by atoms with van der Waals surface area (Å²) >= 11 is 0. The monoisotopic (exact) mass is 265 g/mol. The number of carbonyl (C=O) groups excluding carboxylic acids is 1. The number of aliphatic carboxylic acids is 1. The Morgan fingerprint density at radius 1 is 1.32 bits per heavy atom. The van der Waals surface area contributed by atoms with Crippen LogP contribution in [-0.4, -0.2) is 36.7 Å². The van der Waals surface area contributed by atoms with Crippen LogP contribution in [-0.2, 0) is 20.7 Å². The van der Waals surface area contributed by atoms with Gasteiger partial charge in [-0.2, -0.15) is 0 Å². The lowest BCUT2D eigenvalue weighted by Crippen LogP contribution is -2.44. The van der Waals surface area contributed by atoms with Crippen molar-refractivity contribution in [3.05, 3.63) is 34.9 Å². The number of ether oxygens (including phenoxy) is 1. The van der Waals surface area contributed by atoms with Crippen molar-refractivity contribution in [2.45, 2.75) is 26.3 Å². The molecule has 1 atom stereocenters. The Bertz CT molecular complexity index is 450. The molecule has 0 spiro atoms. The van der Waals surface area contributed by atoms with E-state index < -0.39 is 12.0 Å². The minimum absolute atomic E-state index is 0.0478. The van der Waals surface area contributed by atoms with Crippen LogP contribution in [0.5, 0.6) is 0 Å². The first-order valence-corrected chi connectivity index (χ1v) is 6.02. The molecule has 0 aliphatic rings. The number of methoxy groups -OCH3 is 1. The molecule has 2 N–H and O–H groups in total. The van der Waals surface area contributed by atoms with E-state index in [0.29, 0.717) is 0 Å². The number of hydrogen-bond acceptors (Lipinski definition) is 3. The van der Waals surface area contributed by atoms with E-state index in [1.54, 1.807) is 0 Å². The molecule has 104 valence electrons. The van der Waals surface area contributed by atoms with Crippen LogP contribution in [0.15, 0.2) is 18.2 Å². The summed E-state index contributed by atoms with van der Waals surface area (Å²) in [5.74, 6) is -1.42. The van der Waals surface area contributed by atoms with Gasteiger partial charge >= 0.3 is 5.97 Å². The van der Waals surface area contributed by atoms with Crippen molar-refractivity contribution in [3.8, 4) is 0 Å². The van der Waals surface area contributed by atoms with E-state index in [9.17, 15) is 9.59 Å². The molecule has 1 amide bonds. The lowest BCUT2D eigenvalue weighted by Gasteiger charge is -2.15. The van der Waals surface area contributed by atoms with Crippen molar-refractivity contribution in [2.24, 2.45) is 0 Å². The number of rotatable bonds is 6. The van der Waals surface area contributed by atoms with Crippen LogP contribution >= 0.6 is 0 Å². The summed E-state index contributed by atoms with van der Waals surface area (Å²) in [4.78, 5) is 22.8. The third kappa shape index (κ3) is 4.37. The van der Waals surface area contributed by atoms with Crippen molar-refractivity contribution in [1.82, 2.24) is 5.32 Å². The number of aryl methyl sites for hydroxylation is 2. The first-order chi connectivity index (χ1) is 8.95. The Labute approximate surface area is 112 Å². The van der Waals surface area contributed by atoms with E-state index in [4.69, 9.17) is 9.84 Å². The maximum absolute atomic E-state index is 11.9. The van der Waals surface area contributed by atoms with E-state index in [1.807, 2.05) is 32.0 Å². The van der Waals surface area contributed by atoms with Crippen molar-refractivity contribution in [1.29, 1.82) is 0 Å². The molecule has 1 aromatic rings. The second-order valence-corrected chi connectivity index (χ2v) is 4.46. The highest BCUT2D eigenvalue weighted by Gasteiger charge is 2.20. The molecular formula is C14H19NO4. The summed E-state index contributed by atoms with van der Waals surface area (Å²) < 4.78 is 4.77. The first kappa shape index (κ1) is 15.2. The molecule has 1 rings (SSSR count). The molecule has 5 nitrogen and oxygen atoms in total. The molecular weight excluding hydrogens is 246 g/mol. The highest BCUT2D eigenvalue weighted by Crippen LogP contribution is 2.13. The van der Waals surface area contributed by atoms with Gasteiger partial charge in [-0.3, -0.25) is 4.79 Å². The van der Waals surface area contributed by atoms with Crippen molar-refractivity contribution < 1.29 is 19.4 Å². The summed E-state index contributed by atoms with van der Waals surface area (Å²) in [6, 6.07) is 4.78. The second-order valence-electron chi connectivity index (χ2n) is 4.46. The molecule has 0 bridgehead atoms. The predicted molar refractivity (Wildman–Crippen MR) is 71.1 cm³/mol. The van der Waals surface area contributed by atoms with Crippen LogP contribution < -0.4 is 5.32 Å². The maximum Gasteiger partial charge on any atom is 0.328 e. The molecule has 19 heavy (non-hydrogen) atoms. The molecule has 0 aromatic heterocycles. The summed E-state index contributed by atoms with van der Waals surface area (Å²) in [5.41, 5.74) is 2.98. The van der Waals surface area contributed by atoms with Gasteiger partial charge in [-0.15, -0.1) is 0 Å². The van der Waals surface area contributed by atoms with Gasteiger partial charge < -0.3 is 15.2 Å². The van der Waals surface area contributed by atoms with E-state index in [1.165, 1.54) is 7.11 Å². The van der Waals surface area contributed by atoms with Crippen molar-refractivity contribution in [2.75, 3.05) is 13.7 Å². The number of benzene rings is 1. The van der Waals surface area contributed by atoms with Crippen molar-refractivity contribution >= 4 is 11.9 Å². The average molecular weight is 265 g/mol. The zero-order valence-electron chi connectivity index (χ0n) is 11.4. The van der Waals surface area contributed by atoms with Gasteiger partial charge in [0.15, 0.2) is 6.04 Å². The molecule has 0 aliphatic carbocycles. The van der Waals surface area contributed by atoms with Crippen LogP contribution in [0.4, 0.5) is 0 Å². The molecule has 1 aromatic carbocycles. The highest BCUT2D eigenvalue weighted by atomic mass is 16.5. The Kier molecular flexibility index (Phi) is 5.51. The third-order valence-corrected chi connectivity index (χ3v) is 2.95. The van der Waals surface area contributed by atoms with Crippen LogP contribution in [0, 0.1) is 13.8 Å².